The fourth-order valence-electron chi connectivity index (χ4n) is 2.80. The Morgan fingerprint density at radius 3 is 2.54 bits per heavy atom. The van der Waals surface area contributed by atoms with E-state index in [0.29, 0.717) is 29.2 Å². The number of nitrogens with one attached hydrogen (secondary N) is 1. The highest BCUT2D eigenvalue weighted by Gasteiger charge is 2.16. The van der Waals surface area contributed by atoms with Crippen LogP contribution in [0.2, 0.25) is 0 Å². The minimum atomic E-state index is -0.892. The third-order valence-corrected chi connectivity index (χ3v) is 5.08. The first-order chi connectivity index (χ1) is 13.5. The van der Waals surface area contributed by atoms with E-state index in [4.69, 9.17) is 14.6 Å². The number of nitrogens with zero attached hydrogens (tertiary/aromatic N) is 1. The van der Waals surface area contributed by atoms with Gasteiger partial charge in [0.15, 0.2) is 11.5 Å². The number of aryl methyl sites for hydroxylation is 1. The van der Waals surface area contributed by atoms with Crippen LogP contribution in [-0.2, 0) is 11.2 Å². The summed E-state index contributed by atoms with van der Waals surface area (Å²) >= 11 is 1.54. The zero-order valence-electron chi connectivity index (χ0n) is 15.5. The van der Waals surface area contributed by atoms with Gasteiger partial charge >= 0.3 is 5.97 Å². The number of carboxylic acids is 1. The second kappa shape index (κ2) is 8.62. The number of methoxy groups -OCH3 is 2. The molecule has 1 amide bonds. The molecule has 0 unspecified atom stereocenters. The molecule has 2 aromatic heterocycles. The summed E-state index contributed by atoms with van der Waals surface area (Å²) in [6.07, 6.45) is 0.271. The van der Waals surface area contributed by atoms with Gasteiger partial charge in [0.1, 0.15) is 0 Å². The Bertz CT molecular complexity index is 979. The Labute approximate surface area is 166 Å². The molecule has 7 nitrogen and oxygen atoms in total. The van der Waals surface area contributed by atoms with Crippen molar-refractivity contribution in [2.75, 3.05) is 19.6 Å². The molecular formula is C20H20N2O5S. The van der Waals surface area contributed by atoms with E-state index >= 15 is 0 Å². The maximum atomic E-state index is 12.9. The van der Waals surface area contributed by atoms with Crippen molar-refractivity contribution in [1.82, 2.24) is 4.68 Å². The van der Waals surface area contributed by atoms with Crippen molar-refractivity contribution in [3.63, 3.8) is 0 Å². The summed E-state index contributed by atoms with van der Waals surface area (Å²) in [5.74, 6) is -0.253. The normalized spacial score (nSPS) is 10.5. The van der Waals surface area contributed by atoms with Crippen LogP contribution < -0.4 is 14.9 Å². The summed E-state index contributed by atoms with van der Waals surface area (Å²) in [5, 5.41) is 10.9. The number of rotatable bonds is 8. The van der Waals surface area contributed by atoms with Crippen LogP contribution >= 0.6 is 11.3 Å². The van der Waals surface area contributed by atoms with E-state index in [1.807, 2.05) is 29.6 Å². The third-order valence-electron chi connectivity index (χ3n) is 4.19. The van der Waals surface area contributed by atoms with Gasteiger partial charge in [0.2, 0.25) is 0 Å². The van der Waals surface area contributed by atoms with Gasteiger partial charge < -0.3 is 14.6 Å². The number of carbonyl (C=O) groups is 2. The molecule has 3 rings (SSSR count). The van der Waals surface area contributed by atoms with E-state index in [1.165, 1.54) is 25.6 Å². The lowest BCUT2D eigenvalue weighted by molar-refractivity contribution is -0.136. The van der Waals surface area contributed by atoms with E-state index in [9.17, 15) is 9.59 Å². The van der Waals surface area contributed by atoms with Crippen LogP contribution in [0, 0.1) is 0 Å². The SMILES string of the molecule is COc1ccc(C(=O)Nn2c(CCC(=O)O)ccc2-c2cccs2)cc1OC. The second-order valence-electron chi connectivity index (χ2n) is 5.93. The first-order valence-corrected chi connectivity index (χ1v) is 9.41. The molecule has 0 aliphatic carbocycles. The molecule has 0 radical (unpaired) electrons. The predicted molar refractivity (Wildman–Crippen MR) is 107 cm³/mol. The molecule has 0 fully saturated rings. The van der Waals surface area contributed by atoms with Gasteiger partial charge in [-0.15, -0.1) is 11.3 Å². The summed E-state index contributed by atoms with van der Waals surface area (Å²) in [7, 11) is 3.03. The molecule has 0 bridgehead atoms. The molecule has 0 atom stereocenters. The maximum Gasteiger partial charge on any atom is 0.303 e. The van der Waals surface area contributed by atoms with Crippen LogP contribution in [0.5, 0.6) is 11.5 Å². The Morgan fingerprint density at radius 1 is 1.11 bits per heavy atom. The molecule has 146 valence electrons. The molecular weight excluding hydrogens is 380 g/mol. The van der Waals surface area contributed by atoms with Gasteiger partial charge in [-0.2, -0.15) is 0 Å². The molecule has 1 aromatic carbocycles. The molecule has 0 spiro atoms. The molecule has 0 aliphatic heterocycles. The van der Waals surface area contributed by atoms with Crippen LogP contribution in [0.3, 0.4) is 0 Å². The number of hydrogen-bond acceptors (Lipinski definition) is 5. The number of hydrogen-bond donors (Lipinski definition) is 2. The van der Waals surface area contributed by atoms with E-state index in [2.05, 4.69) is 5.43 Å². The van der Waals surface area contributed by atoms with Crippen LogP contribution in [0.4, 0.5) is 0 Å². The lowest BCUT2D eigenvalue weighted by Gasteiger charge is -2.15. The molecule has 2 N–H and O–H groups in total. The van der Waals surface area contributed by atoms with E-state index in [1.54, 1.807) is 22.9 Å². The first-order valence-electron chi connectivity index (χ1n) is 8.53. The zero-order chi connectivity index (χ0) is 20.1. The van der Waals surface area contributed by atoms with Gasteiger partial charge in [-0.05, 0) is 41.8 Å². The quantitative estimate of drug-likeness (QED) is 0.603. The van der Waals surface area contributed by atoms with Crippen LogP contribution in [-0.4, -0.2) is 35.9 Å². The average molecular weight is 400 g/mol. The zero-order valence-corrected chi connectivity index (χ0v) is 16.3. The monoisotopic (exact) mass is 400 g/mol. The van der Waals surface area contributed by atoms with Crippen molar-refractivity contribution in [3.05, 3.63) is 59.1 Å². The van der Waals surface area contributed by atoms with Crippen molar-refractivity contribution in [2.45, 2.75) is 12.8 Å². The van der Waals surface area contributed by atoms with E-state index < -0.39 is 5.97 Å². The van der Waals surface area contributed by atoms with Gasteiger partial charge in [-0.1, -0.05) is 6.07 Å². The smallest absolute Gasteiger partial charge is 0.303 e. The Balaban J connectivity index is 1.92. The van der Waals surface area contributed by atoms with Gasteiger partial charge in [-0.25, -0.2) is 0 Å². The lowest BCUT2D eigenvalue weighted by Crippen LogP contribution is -2.25. The molecule has 2 heterocycles. The summed E-state index contributed by atoms with van der Waals surface area (Å²) in [6.45, 7) is 0. The molecule has 28 heavy (non-hydrogen) atoms. The van der Waals surface area contributed by atoms with Gasteiger partial charge in [-0.3, -0.25) is 19.7 Å². The number of aliphatic carboxylic acids is 1. The van der Waals surface area contributed by atoms with E-state index in [-0.39, 0.29) is 12.3 Å². The number of carboxylic acid groups (broad SMARTS) is 1. The van der Waals surface area contributed by atoms with Gasteiger partial charge in [0.05, 0.1) is 31.2 Å². The highest BCUT2D eigenvalue weighted by atomic mass is 32.1. The molecule has 0 aliphatic rings. The molecule has 8 heteroatoms. The Morgan fingerprint density at radius 2 is 1.89 bits per heavy atom. The average Bonchev–Trinajstić information content (AvgIpc) is 3.35. The summed E-state index contributed by atoms with van der Waals surface area (Å²) < 4.78 is 12.1. The van der Waals surface area contributed by atoms with Crippen LogP contribution in [0.15, 0.2) is 47.8 Å². The van der Waals surface area contributed by atoms with Crippen LogP contribution in [0.25, 0.3) is 10.6 Å². The third kappa shape index (κ3) is 4.17. The molecule has 0 saturated carbocycles. The predicted octanol–water partition coefficient (Wildman–Crippen LogP) is 3.63. The topological polar surface area (TPSA) is 89.8 Å². The van der Waals surface area contributed by atoms with Gasteiger partial charge in [0.25, 0.3) is 5.91 Å². The first kappa shape index (κ1) is 19.5. The Kier molecular flexibility index (Phi) is 6.00. The number of aromatic nitrogens is 1. The largest absolute Gasteiger partial charge is 0.493 e. The standard InChI is InChI=1S/C20H20N2O5S/c1-26-16-9-5-13(12-17(16)27-2)20(25)21-22-14(7-10-19(23)24)6-8-15(22)18-4-3-11-28-18/h3-6,8-9,11-12H,7,10H2,1-2H3,(H,21,25)(H,23,24). The number of carbonyl (C=O) groups excluding carboxylic acids is 1. The van der Waals surface area contributed by atoms with Crippen LogP contribution in [0.1, 0.15) is 22.5 Å². The number of benzene rings is 1. The molecule has 3 aromatic rings. The number of ether oxygens (including phenoxy) is 2. The fraction of sp³-hybridized carbons (Fsp3) is 0.200. The van der Waals surface area contributed by atoms with Crippen molar-refractivity contribution < 1.29 is 24.2 Å². The maximum absolute atomic E-state index is 12.9. The number of amides is 1. The fourth-order valence-corrected chi connectivity index (χ4v) is 3.54. The van der Waals surface area contributed by atoms with Crippen molar-refractivity contribution in [3.8, 4) is 22.1 Å². The number of thiophene rings is 1. The second-order valence-corrected chi connectivity index (χ2v) is 6.87. The van der Waals surface area contributed by atoms with Crippen molar-refractivity contribution >= 4 is 23.2 Å². The Hall–Kier alpha value is -3.26. The van der Waals surface area contributed by atoms with Gasteiger partial charge in [0, 0.05) is 17.7 Å². The highest BCUT2D eigenvalue weighted by molar-refractivity contribution is 7.13. The van der Waals surface area contributed by atoms with Crippen molar-refractivity contribution in [1.29, 1.82) is 0 Å². The lowest BCUT2D eigenvalue weighted by atomic mass is 10.2. The van der Waals surface area contributed by atoms with Crippen molar-refractivity contribution in [2.24, 2.45) is 0 Å². The minimum absolute atomic E-state index is 0.0277. The highest BCUT2D eigenvalue weighted by Crippen LogP contribution is 2.29. The minimum Gasteiger partial charge on any atom is -0.493 e. The molecule has 0 saturated heterocycles. The summed E-state index contributed by atoms with van der Waals surface area (Å²) in [5.41, 5.74) is 4.77. The summed E-state index contributed by atoms with van der Waals surface area (Å²) in [6, 6.07) is 12.5. The van der Waals surface area contributed by atoms with E-state index in [0.717, 1.165) is 10.6 Å². The summed E-state index contributed by atoms with van der Waals surface area (Å²) in [4.78, 5) is 24.8.